The fraction of sp³-hybridized carbons (Fsp3) is 0.227. The van der Waals surface area contributed by atoms with Crippen molar-refractivity contribution in [2.45, 2.75) is 12.7 Å². The van der Waals surface area contributed by atoms with E-state index in [2.05, 4.69) is 5.32 Å². The monoisotopic (exact) mass is 392 g/mol. The highest BCUT2D eigenvalue weighted by Gasteiger charge is 2.34. The van der Waals surface area contributed by atoms with Gasteiger partial charge in [0.15, 0.2) is 11.5 Å². The summed E-state index contributed by atoms with van der Waals surface area (Å²) in [4.78, 5) is 15.1. The Morgan fingerprint density at radius 1 is 1.14 bits per heavy atom. The summed E-state index contributed by atoms with van der Waals surface area (Å²) >= 11 is 0. The second-order valence-corrected chi connectivity index (χ2v) is 6.85. The van der Waals surface area contributed by atoms with Crippen molar-refractivity contribution in [3.63, 3.8) is 0 Å². The van der Waals surface area contributed by atoms with Crippen molar-refractivity contribution >= 4 is 11.6 Å². The van der Waals surface area contributed by atoms with Gasteiger partial charge < -0.3 is 28.8 Å². The molecule has 148 valence electrons. The Balaban J connectivity index is 1.60. The molecule has 0 aliphatic carbocycles. The van der Waals surface area contributed by atoms with E-state index in [4.69, 9.17) is 18.6 Å². The zero-order valence-corrected chi connectivity index (χ0v) is 15.9. The number of hydrogen-bond acceptors (Lipinski definition) is 6. The highest BCUT2D eigenvalue weighted by Crippen LogP contribution is 2.44. The van der Waals surface area contributed by atoms with Crippen molar-refractivity contribution in [1.29, 1.82) is 0 Å². The lowest BCUT2D eigenvalue weighted by Gasteiger charge is -2.38. The lowest BCUT2D eigenvalue weighted by molar-refractivity contribution is 0.0650. The van der Waals surface area contributed by atoms with Gasteiger partial charge in [0.1, 0.15) is 25.1 Å². The van der Waals surface area contributed by atoms with Crippen LogP contribution in [0.1, 0.15) is 27.8 Å². The Kier molecular flexibility index (Phi) is 4.27. The van der Waals surface area contributed by atoms with Gasteiger partial charge in [-0.3, -0.25) is 4.79 Å². The molecule has 2 aromatic carbocycles. The summed E-state index contributed by atoms with van der Waals surface area (Å²) in [5.74, 6) is 2.39. The van der Waals surface area contributed by atoms with E-state index >= 15 is 0 Å². The van der Waals surface area contributed by atoms with Crippen LogP contribution in [0.2, 0.25) is 0 Å². The molecule has 0 bridgehead atoms. The van der Waals surface area contributed by atoms with Crippen LogP contribution in [0.15, 0.2) is 59.2 Å². The van der Waals surface area contributed by atoms with E-state index in [1.807, 2.05) is 48.5 Å². The van der Waals surface area contributed by atoms with Crippen LogP contribution in [0.5, 0.6) is 17.2 Å². The molecule has 0 fully saturated rings. The van der Waals surface area contributed by atoms with Gasteiger partial charge in [-0.15, -0.1) is 0 Å². The van der Waals surface area contributed by atoms with Gasteiger partial charge in [0.25, 0.3) is 5.91 Å². The van der Waals surface area contributed by atoms with Gasteiger partial charge in [0, 0.05) is 11.3 Å². The van der Waals surface area contributed by atoms with Crippen LogP contribution in [0, 0.1) is 0 Å². The fourth-order valence-corrected chi connectivity index (χ4v) is 3.74. The zero-order chi connectivity index (χ0) is 19.8. The molecule has 0 spiro atoms. The molecular weight excluding hydrogens is 372 g/mol. The molecule has 2 aliphatic heterocycles. The Labute approximate surface area is 167 Å². The molecule has 2 aliphatic rings. The van der Waals surface area contributed by atoms with Gasteiger partial charge in [-0.25, -0.2) is 0 Å². The first-order valence-corrected chi connectivity index (χ1v) is 9.41. The standard InChI is InChI=1S/C22H20N2O5/c1-26-18-11-14(12-19-20(18)29-10-9-28-19)21-23-17-7-3-2-6-16(17)22(25)24(21)13-15-5-4-8-27-15/h2-8,11-12,21,23H,9-10,13H2,1H3/t21-/m1/s1. The van der Waals surface area contributed by atoms with Crippen molar-refractivity contribution in [3.05, 3.63) is 71.7 Å². The molecule has 7 nitrogen and oxygen atoms in total. The maximum absolute atomic E-state index is 13.3. The summed E-state index contributed by atoms with van der Waals surface area (Å²) in [6, 6.07) is 14.9. The number of amides is 1. The largest absolute Gasteiger partial charge is 0.493 e. The van der Waals surface area contributed by atoms with Crippen LogP contribution in [-0.2, 0) is 6.54 Å². The summed E-state index contributed by atoms with van der Waals surface area (Å²) in [5.41, 5.74) is 2.24. The number of benzene rings is 2. The number of anilines is 1. The zero-order valence-electron chi connectivity index (χ0n) is 15.9. The molecule has 0 unspecified atom stereocenters. The van der Waals surface area contributed by atoms with Gasteiger partial charge in [-0.1, -0.05) is 12.1 Å². The molecule has 5 rings (SSSR count). The smallest absolute Gasteiger partial charge is 0.258 e. The molecule has 0 radical (unpaired) electrons. The van der Waals surface area contributed by atoms with Crippen molar-refractivity contribution in [1.82, 2.24) is 4.90 Å². The normalized spacial score (nSPS) is 17.5. The van der Waals surface area contributed by atoms with Crippen LogP contribution in [0.3, 0.4) is 0 Å². The number of para-hydroxylation sites is 1. The average molecular weight is 392 g/mol. The number of fused-ring (bicyclic) bond motifs is 2. The molecule has 0 saturated carbocycles. The van der Waals surface area contributed by atoms with E-state index in [-0.39, 0.29) is 5.91 Å². The lowest BCUT2D eigenvalue weighted by Crippen LogP contribution is -2.42. The summed E-state index contributed by atoms with van der Waals surface area (Å²) < 4.78 is 22.5. The van der Waals surface area contributed by atoms with Gasteiger partial charge in [0.05, 0.1) is 25.5 Å². The van der Waals surface area contributed by atoms with Crippen LogP contribution >= 0.6 is 0 Å². The molecule has 3 heterocycles. The highest BCUT2D eigenvalue weighted by atomic mass is 16.6. The fourth-order valence-electron chi connectivity index (χ4n) is 3.74. The number of methoxy groups -OCH3 is 1. The van der Waals surface area contributed by atoms with Crippen molar-refractivity contribution in [2.75, 3.05) is 25.6 Å². The molecule has 0 saturated heterocycles. The van der Waals surface area contributed by atoms with E-state index < -0.39 is 6.17 Å². The average Bonchev–Trinajstić information content (AvgIpc) is 3.28. The van der Waals surface area contributed by atoms with Crippen molar-refractivity contribution in [3.8, 4) is 17.2 Å². The number of furan rings is 1. The number of ether oxygens (including phenoxy) is 3. The summed E-state index contributed by atoms with van der Waals surface area (Å²) in [5, 5.41) is 3.48. The minimum atomic E-state index is -0.424. The van der Waals surface area contributed by atoms with E-state index in [1.165, 1.54) is 0 Å². The topological polar surface area (TPSA) is 73.2 Å². The first kappa shape index (κ1) is 17.5. The van der Waals surface area contributed by atoms with E-state index in [9.17, 15) is 4.79 Å². The Morgan fingerprint density at radius 3 is 2.83 bits per heavy atom. The predicted molar refractivity (Wildman–Crippen MR) is 105 cm³/mol. The van der Waals surface area contributed by atoms with E-state index in [0.717, 1.165) is 11.3 Å². The molecule has 1 aromatic heterocycles. The maximum Gasteiger partial charge on any atom is 0.258 e. The Hall–Kier alpha value is -3.61. The quantitative estimate of drug-likeness (QED) is 0.728. The number of hydrogen-bond donors (Lipinski definition) is 1. The van der Waals surface area contributed by atoms with Crippen LogP contribution in [0.25, 0.3) is 0 Å². The Morgan fingerprint density at radius 2 is 2.00 bits per heavy atom. The third-order valence-corrected chi connectivity index (χ3v) is 5.09. The minimum Gasteiger partial charge on any atom is -0.493 e. The molecule has 1 N–H and O–H groups in total. The molecule has 3 aromatic rings. The summed E-state index contributed by atoms with van der Waals surface area (Å²) in [6.07, 6.45) is 1.18. The molecule has 29 heavy (non-hydrogen) atoms. The van der Waals surface area contributed by atoms with Gasteiger partial charge >= 0.3 is 0 Å². The molecule has 1 amide bonds. The van der Waals surface area contributed by atoms with Crippen LogP contribution in [-0.4, -0.2) is 31.1 Å². The number of nitrogens with zero attached hydrogens (tertiary/aromatic N) is 1. The second-order valence-electron chi connectivity index (χ2n) is 6.85. The number of carbonyl (C=O) groups excluding carboxylic acids is 1. The van der Waals surface area contributed by atoms with Gasteiger partial charge in [-0.05, 0) is 36.4 Å². The molecule has 1 atom stereocenters. The first-order chi connectivity index (χ1) is 14.2. The second kappa shape index (κ2) is 7.09. The minimum absolute atomic E-state index is 0.0744. The third kappa shape index (κ3) is 3.04. The maximum atomic E-state index is 13.3. The number of rotatable bonds is 4. The SMILES string of the molecule is COc1cc([C@@H]2Nc3ccccc3C(=O)N2Cc2ccco2)cc2c1OCCO2. The Bertz CT molecular complexity index is 1030. The van der Waals surface area contributed by atoms with Gasteiger partial charge in [-0.2, -0.15) is 0 Å². The van der Waals surface area contributed by atoms with Crippen molar-refractivity contribution < 1.29 is 23.4 Å². The number of nitrogens with one attached hydrogen (secondary N) is 1. The lowest BCUT2D eigenvalue weighted by atomic mass is 10.0. The van der Waals surface area contributed by atoms with Crippen LogP contribution in [0.4, 0.5) is 5.69 Å². The molecule has 7 heteroatoms. The first-order valence-electron chi connectivity index (χ1n) is 9.41. The van der Waals surface area contributed by atoms with Gasteiger partial charge in [0.2, 0.25) is 5.75 Å². The predicted octanol–water partition coefficient (Wildman–Crippen LogP) is 3.83. The third-order valence-electron chi connectivity index (χ3n) is 5.09. The van der Waals surface area contributed by atoms with Crippen LogP contribution < -0.4 is 19.5 Å². The van der Waals surface area contributed by atoms with E-state index in [0.29, 0.717) is 48.3 Å². The van der Waals surface area contributed by atoms with E-state index in [1.54, 1.807) is 18.3 Å². The highest BCUT2D eigenvalue weighted by molar-refractivity contribution is 6.01. The number of carbonyl (C=O) groups is 1. The molecular formula is C22H20N2O5. The summed E-state index contributed by atoms with van der Waals surface area (Å²) in [7, 11) is 1.59. The summed E-state index contributed by atoms with van der Waals surface area (Å²) in [6.45, 7) is 1.27. The van der Waals surface area contributed by atoms with Crippen molar-refractivity contribution in [2.24, 2.45) is 0 Å².